The van der Waals surface area contributed by atoms with Crippen molar-refractivity contribution in [1.29, 1.82) is 0 Å². The Balaban J connectivity index is 1.96. The van der Waals surface area contributed by atoms with Crippen LogP contribution in [-0.4, -0.2) is 25.3 Å². The molecule has 0 spiro atoms. The van der Waals surface area contributed by atoms with Crippen LogP contribution in [-0.2, 0) is 11.2 Å². The van der Waals surface area contributed by atoms with E-state index in [0.717, 1.165) is 25.1 Å². The molecule has 1 aromatic carbocycles. The van der Waals surface area contributed by atoms with Gasteiger partial charge in [-0.25, -0.2) is 4.39 Å². The normalized spacial score (nSPS) is 25.7. The number of halogens is 2. The number of hydrogen-bond donors (Lipinski definition) is 1. The molecule has 1 saturated heterocycles. The highest BCUT2D eigenvalue weighted by atomic mass is 35.5. The van der Waals surface area contributed by atoms with E-state index in [1.165, 1.54) is 6.07 Å². The Bertz CT molecular complexity index is 364. The molecule has 2 rings (SSSR count). The Morgan fingerprint density at radius 2 is 2.38 bits per heavy atom. The van der Waals surface area contributed by atoms with Crippen molar-refractivity contribution < 1.29 is 9.13 Å². The van der Waals surface area contributed by atoms with Crippen LogP contribution in [0.15, 0.2) is 18.2 Å². The number of morpholine rings is 1. The first-order valence-corrected chi connectivity index (χ1v) is 5.82. The summed E-state index contributed by atoms with van der Waals surface area (Å²) in [6, 6.07) is 5.23. The highest BCUT2D eigenvalue weighted by Crippen LogP contribution is 2.18. The van der Waals surface area contributed by atoms with E-state index in [0.29, 0.717) is 6.04 Å². The average Bonchev–Trinajstić information content (AvgIpc) is 2.27. The molecule has 1 aliphatic heterocycles. The Kier molecular flexibility index (Phi) is 3.79. The summed E-state index contributed by atoms with van der Waals surface area (Å²) in [6.45, 7) is 3.64. The van der Waals surface area contributed by atoms with E-state index in [1.54, 1.807) is 12.1 Å². The number of benzene rings is 1. The van der Waals surface area contributed by atoms with E-state index in [1.807, 2.05) is 0 Å². The maximum Gasteiger partial charge on any atom is 0.141 e. The predicted molar refractivity (Wildman–Crippen MR) is 62.3 cm³/mol. The molecule has 4 heteroatoms. The number of ether oxygens (including phenoxy) is 1. The van der Waals surface area contributed by atoms with E-state index in [-0.39, 0.29) is 16.9 Å². The lowest BCUT2D eigenvalue weighted by Crippen LogP contribution is -2.45. The van der Waals surface area contributed by atoms with Crippen molar-refractivity contribution in [3.63, 3.8) is 0 Å². The fourth-order valence-corrected chi connectivity index (χ4v) is 1.99. The van der Waals surface area contributed by atoms with Crippen LogP contribution in [0.1, 0.15) is 12.5 Å². The predicted octanol–water partition coefficient (Wildman–Crippen LogP) is 2.40. The van der Waals surface area contributed by atoms with Crippen LogP contribution in [0.5, 0.6) is 0 Å². The highest BCUT2D eigenvalue weighted by Gasteiger charge is 2.18. The van der Waals surface area contributed by atoms with Crippen molar-refractivity contribution >= 4 is 11.6 Å². The van der Waals surface area contributed by atoms with Crippen LogP contribution < -0.4 is 5.32 Å². The van der Waals surface area contributed by atoms with Crippen molar-refractivity contribution in [3.05, 3.63) is 34.6 Å². The van der Waals surface area contributed by atoms with E-state index in [2.05, 4.69) is 12.2 Å². The minimum absolute atomic E-state index is 0.151. The molecule has 0 bridgehead atoms. The quantitative estimate of drug-likeness (QED) is 0.861. The smallest absolute Gasteiger partial charge is 0.141 e. The van der Waals surface area contributed by atoms with Gasteiger partial charge in [0.2, 0.25) is 0 Å². The van der Waals surface area contributed by atoms with Crippen LogP contribution in [0, 0.1) is 5.82 Å². The van der Waals surface area contributed by atoms with Gasteiger partial charge >= 0.3 is 0 Å². The average molecular weight is 244 g/mol. The summed E-state index contributed by atoms with van der Waals surface area (Å²) in [5.74, 6) is -0.373. The molecule has 0 saturated carbocycles. The lowest BCUT2D eigenvalue weighted by molar-refractivity contribution is 0.00881. The van der Waals surface area contributed by atoms with Crippen LogP contribution in [0.25, 0.3) is 0 Å². The molecule has 88 valence electrons. The van der Waals surface area contributed by atoms with Crippen LogP contribution in [0.2, 0.25) is 5.02 Å². The van der Waals surface area contributed by atoms with E-state index < -0.39 is 0 Å². The third-order valence-corrected chi connectivity index (χ3v) is 3.01. The van der Waals surface area contributed by atoms with Crippen molar-refractivity contribution in [2.24, 2.45) is 0 Å². The minimum atomic E-state index is -0.373. The second-order valence-corrected chi connectivity index (χ2v) is 4.62. The molecule has 2 atom stereocenters. The summed E-state index contributed by atoms with van der Waals surface area (Å²) in [5.41, 5.74) is 1.01. The van der Waals surface area contributed by atoms with Gasteiger partial charge in [0, 0.05) is 12.6 Å². The largest absolute Gasteiger partial charge is 0.375 e. The first-order valence-electron chi connectivity index (χ1n) is 5.44. The second-order valence-electron chi connectivity index (χ2n) is 4.22. The molecule has 0 aliphatic carbocycles. The molecule has 16 heavy (non-hydrogen) atoms. The lowest BCUT2D eigenvalue weighted by Gasteiger charge is -2.28. The first kappa shape index (κ1) is 11.8. The van der Waals surface area contributed by atoms with Gasteiger partial charge in [-0.3, -0.25) is 0 Å². The van der Waals surface area contributed by atoms with Gasteiger partial charge in [-0.05, 0) is 31.0 Å². The molecule has 1 fully saturated rings. The summed E-state index contributed by atoms with van der Waals surface area (Å²) in [6.07, 6.45) is 0.914. The summed E-state index contributed by atoms with van der Waals surface area (Å²) in [7, 11) is 0. The Hall–Kier alpha value is -0.640. The molecule has 1 N–H and O–H groups in total. The van der Waals surface area contributed by atoms with Gasteiger partial charge in [-0.1, -0.05) is 17.7 Å². The van der Waals surface area contributed by atoms with Crippen LogP contribution in [0.3, 0.4) is 0 Å². The molecular formula is C12H15ClFNO. The first-order chi connectivity index (χ1) is 7.65. The van der Waals surface area contributed by atoms with Crippen molar-refractivity contribution in [1.82, 2.24) is 5.32 Å². The zero-order valence-corrected chi connectivity index (χ0v) is 9.93. The van der Waals surface area contributed by atoms with E-state index >= 15 is 0 Å². The Morgan fingerprint density at radius 3 is 3.00 bits per heavy atom. The van der Waals surface area contributed by atoms with Crippen LogP contribution >= 0.6 is 11.6 Å². The van der Waals surface area contributed by atoms with E-state index in [4.69, 9.17) is 16.3 Å². The van der Waals surface area contributed by atoms with Crippen LogP contribution in [0.4, 0.5) is 4.39 Å². The van der Waals surface area contributed by atoms with E-state index in [9.17, 15) is 4.39 Å². The fraction of sp³-hybridized carbons (Fsp3) is 0.500. The third kappa shape index (κ3) is 2.94. The van der Waals surface area contributed by atoms with Crippen molar-refractivity contribution in [2.45, 2.75) is 25.5 Å². The zero-order chi connectivity index (χ0) is 11.5. The highest BCUT2D eigenvalue weighted by molar-refractivity contribution is 6.30. The minimum Gasteiger partial charge on any atom is -0.375 e. The number of nitrogens with one attached hydrogen (secondary N) is 1. The monoisotopic (exact) mass is 243 g/mol. The summed E-state index contributed by atoms with van der Waals surface area (Å²) in [4.78, 5) is 0. The molecule has 1 aliphatic rings. The molecule has 1 heterocycles. The molecule has 0 radical (unpaired) electrons. The number of rotatable bonds is 2. The van der Waals surface area contributed by atoms with Crippen molar-refractivity contribution in [2.75, 3.05) is 13.2 Å². The maximum atomic E-state index is 13.0. The maximum absolute atomic E-state index is 13.0. The summed E-state index contributed by atoms with van der Waals surface area (Å²) >= 11 is 5.72. The SMILES string of the molecule is CC1COC(Cc2ccc(F)c(Cl)c2)CN1. The molecule has 2 unspecified atom stereocenters. The molecular weight excluding hydrogens is 229 g/mol. The molecule has 0 aromatic heterocycles. The Morgan fingerprint density at radius 1 is 1.56 bits per heavy atom. The second kappa shape index (κ2) is 5.13. The summed E-state index contributed by atoms with van der Waals surface area (Å²) in [5, 5.41) is 3.52. The molecule has 2 nitrogen and oxygen atoms in total. The Labute approximate surface area is 99.7 Å². The molecule has 1 aromatic rings. The van der Waals surface area contributed by atoms with Gasteiger partial charge in [0.05, 0.1) is 17.7 Å². The summed E-state index contributed by atoms with van der Waals surface area (Å²) < 4.78 is 18.6. The standard InChI is InChI=1S/C12H15ClFNO/c1-8-7-16-10(6-15-8)4-9-2-3-12(14)11(13)5-9/h2-3,5,8,10,15H,4,6-7H2,1H3. The third-order valence-electron chi connectivity index (χ3n) is 2.72. The van der Waals surface area contributed by atoms with Crippen molar-refractivity contribution in [3.8, 4) is 0 Å². The fourth-order valence-electron chi connectivity index (χ4n) is 1.79. The van der Waals surface area contributed by atoms with Gasteiger partial charge < -0.3 is 10.1 Å². The van der Waals surface area contributed by atoms with Gasteiger partial charge in [0.1, 0.15) is 5.82 Å². The number of hydrogen-bond acceptors (Lipinski definition) is 2. The zero-order valence-electron chi connectivity index (χ0n) is 9.17. The van der Waals surface area contributed by atoms with Gasteiger partial charge in [-0.2, -0.15) is 0 Å². The van der Waals surface area contributed by atoms with Gasteiger partial charge in [-0.15, -0.1) is 0 Å². The van der Waals surface area contributed by atoms with Gasteiger partial charge in [0.25, 0.3) is 0 Å². The topological polar surface area (TPSA) is 21.3 Å². The lowest BCUT2D eigenvalue weighted by atomic mass is 10.1. The van der Waals surface area contributed by atoms with Gasteiger partial charge in [0.15, 0.2) is 0 Å². The molecule has 0 amide bonds.